The van der Waals surface area contributed by atoms with Crippen molar-refractivity contribution < 1.29 is 4.79 Å². The summed E-state index contributed by atoms with van der Waals surface area (Å²) in [5, 5.41) is 6.35. The lowest BCUT2D eigenvalue weighted by Gasteiger charge is -2.22. The highest BCUT2D eigenvalue weighted by Crippen LogP contribution is 2.25. The molecule has 3 nitrogen and oxygen atoms in total. The Morgan fingerprint density at radius 2 is 1.59 bits per heavy atom. The van der Waals surface area contributed by atoms with Crippen molar-refractivity contribution in [2.45, 2.75) is 12.5 Å². The highest BCUT2D eigenvalue weighted by molar-refractivity contribution is 6.30. The molecule has 4 aromatic carbocycles. The van der Waals surface area contributed by atoms with Crippen LogP contribution in [0.15, 0.2) is 91.0 Å². The molecule has 0 fully saturated rings. The number of hydrogen-bond acceptors (Lipinski definition) is 2. The number of carbonyl (C=O) groups is 1. The third-order valence-electron chi connectivity index (χ3n) is 5.65. The molecule has 162 valence electrons. The molecular weight excluding hydrogens is 416 g/mol. The van der Waals surface area contributed by atoms with Gasteiger partial charge in [0.05, 0.1) is 6.04 Å². The summed E-state index contributed by atoms with van der Waals surface area (Å²) in [6, 6.07) is 30.0. The molecule has 4 heteroatoms. The van der Waals surface area contributed by atoms with Crippen LogP contribution in [0.3, 0.4) is 0 Å². The van der Waals surface area contributed by atoms with E-state index in [1.54, 1.807) is 0 Å². The van der Waals surface area contributed by atoms with Gasteiger partial charge in [0.25, 0.3) is 5.91 Å². The molecule has 0 heterocycles. The van der Waals surface area contributed by atoms with E-state index in [9.17, 15) is 4.79 Å². The van der Waals surface area contributed by atoms with Crippen LogP contribution in [0.1, 0.15) is 28.4 Å². The SMILES string of the molecule is CN(C)CCC(NC(=O)c1cccc(-c2ccc(Cl)cc2)c1)c1ccc2ccccc2c1. The predicted molar refractivity (Wildman–Crippen MR) is 134 cm³/mol. The number of nitrogens with one attached hydrogen (secondary N) is 1. The highest BCUT2D eigenvalue weighted by Gasteiger charge is 2.17. The quantitative estimate of drug-likeness (QED) is 0.350. The van der Waals surface area contributed by atoms with Crippen molar-refractivity contribution in [3.63, 3.8) is 0 Å². The van der Waals surface area contributed by atoms with Gasteiger partial charge in [0.1, 0.15) is 0 Å². The van der Waals surface area contributed by atoms with Crippen LogP contribution in [-0.4, -0.2) is 31.4 Å². The zero-order valence-corrected chi connectivity index (χ0v) is 19.1. The second-order valence-electron chi connectivity index (χ2n) is 8.31. The van der Waals surface area contributed by atoms with Gasteiger partial charge in [0, 0.05) is 10.6 Å². The number of nitrogens with zero attached hydrogens (tertiary/aromatic N) is 1. The van der Waals surface area contributed by atoms with Crippen LogP contribution in [0.4, 0.5) is 0 Å². The van der Waals surface area contributed by atoms with Crippen molar-refractivity contribution in [1.29, 1.82) is 0 Å². The molecule has 0 aliphatic carbocycles. The number of hydrogen-bond donors (Lipinski definition) is 1. The second kappa shape index (κ2) is 9.99. The Bertz CT molecular complexity index is 1220. The number of benzene rings is 4. The molecule has 4 rings (SSSR count). The maximum absolute atomic E-state index is 13.2. The van der Waals surface area contributed by atoms with E-state index in [1.807, 2.05) is 60.7 Å². The average Bonchev–Trinajstić information content (AvgIpc) is 2.81. The third-order valence-corrected chi connectivity index (χ3v) is 5.90. The minimum absolute atomic E-state index is 0.0715. The molecule has 0 saturated carbocycles. The molecule has 0 aliphatic heterocycles. The van der Waals surface area contributed by atoms with Crippen LogP contribution in [0, 0.1) is 0 Å². The van der Waals surface area contributed by atoms with E-state index in [0.717, 1.165) is 29.7 Å². The summed E-state index contributed by atoms with van der Waals surface area (Å²) < 4.78 is 0. The Kier molecular flexibility index (Phi) is 6.89. The monoisotopic (exact) mass is 442 g/mol. The van der Waals surface area contributed by atoms with Gasteiger partial charge in [-0.1, -0.05) is 72.3 Å². The van der Waals surface area contributed by atoms with Crippen LogP contribution in [0.25, 0.3) is 21.9 Å². The minimum Gasteiger partial charge on any atom is -0.345 e. The molecule has 0 aromatic heterocycles. The maximum Gasteiger partial charge on any atom is 0.251 e. The van der Waals surface area contributed by atoms with E-state index >= 15 is 0 Å². The Hall–Kier alpha value is -3.14. The van der Waals surface area contributed by atoms with E-state index < -0.39 is 0 Å². The second-order valence-corrected chi connectivity index (χ2v) is 8.75. The maximum atomic E-state index is 13.2. The number of carbonyl (C=O) groups excluding carboxylic acids is 1. The first-order valence-corrected chi connectivity index (χ1v) is 11.2. The van der Waals surface area contributed by atoms with Crippen LogP contribution >= 0.6 is 11.6 Å². The molecule has 1 unspecified atom stereocenters. The lowest BCUT2D eigenvalue weighted by Crippen LogP contribution is -2.31. The lowest BCUT2D eigenvalue weighted by atomic mass is 9.98. The van der Waals surface area contributed by atoms with E-state index in [2.05, 4.69) is 54.6 Å². The zero-order valence-electron chi connectivity index (χ0n) is 18.4. The fraction of sp³-hybridized carbons (Fsp3) is 0.179. The molecule has 0 spiro atoms. The standard InChI is InChI=1S/C28H27ClN2O/c1-31(2)17-16-27(24-11-10-20-6-3-4-7-22(20)18-24)30-28(32)25-9-5-8-23(19-25)21-12-14-26(29)15-13-21/h3-15,18-19,27H,16-17H2,1-2H3,(H,30,32). The van der Waals surface area contributed by atoms with Gasteiger partial charge in [-0.05, 0) is 84.9 Å². The largest absolute Gasteiger partial charge is 0.345 e. The zero-order chi connectivity index (χ0) is 22.5. The summed E-state index contributed by atoms with van der Waals surface area (Å²) in [5.74, 6) is -0.0715. The van der Waals surface area contributed by atoms with Crippen molar-refractivity contribution in [2.24, 2.45) is 0 Å². The first-order valence-electron chi connectivity index (χ1n) is 10.8. The van der Waals surface area contributed by atoms with Gasteiger partial charge >= 0.3 is 0 Å². The average molecular weight is 443 g/mol. The van der Waals surface area contributed by atoms with E-state index in [-0.39, 0.29) is 11.9 Å². The molecule has 1 N–H and O–H groups in total. The van der Waals surface area contributed by atoms with Gasteiger partial charge < -0.3 is 10.2 Å². The van der Waals surface area contributed by atoms with Gasteiger partial charge in [0.2, 0.25) is 0 Å². The van der Waals surface area contributed by atoms with Crippen molar-refractivity contribution in [3.05, 3.63) is 107 Å². The fourth-order valence-corrected chi connectivity index (χ4v) is 3.98. The summed E-state index contributed by atoms with van der Waals surface area (Å²) in [4.78, 5) is 15.4. The van der Waals surface area contributed by atoms with Crippen LogP contribution < -0.4 is 5.32 Å². The smallest absolute Gasteiger partial charge is 0.251 e. The predicted octanol–water partition coefficient (Wildman–Crippen LogP) is 6.58. The molecule has 1 atom stereocenters. The van der Waals surface area contributed by atoms with Crippen molar-refractivity contribution in [1.82, 2.24) is 10.2 Å². The number of rotatable bonds is 7. The fourth-order valence-electron chi connectivity index (χ4n) is 3.86. The van der Waals surface area contributed by atoms with Gasteiger partial charge in [0.15, 0.2) is 0 Å². The first kappa shape index (κ1) is 22.1. The van der Waals surface area contributed by atoms with E-state index in [0.29, 0.717) is 10.6 Å². The summed E-state index contributed by atoms with van der Waals surface area (Å²) in [5.41, 5.74) is 3.79. The Balaban J connectivity index is 1.59. The highest BCUT2D eigenvalue weighted by atomic mass is 35.5. The molecule has 32 heavy (non-hydrogen) atoms. The Labute approximate surface area is 194 Å². The summed E-state index contributed by atoms with van der Waals surface area (Å²) >= 11 is 6.02. The van der Waals surface area contributed by atoms with E-state index in [1.165, 1.54) is 10.8 Å². The van der Waals surface area contributed by atoms with Crippen molar-refractivity contribution >= 4 is 28.3 Å². The van der Waals surface area contributed by atoms with Crippen molar-refractivity contribution in [3.8, 4) is 11.1 Å². The molecular formula is C28H27ClN2O. The van der Waals surface area contributed by atoms with Crippen LogP contribution in [-0.2, 0) is 0 Å². The molecule has 0 saturated heterocycles. The number of fused-ring (bicyclic) bond motifs is 1. The number of halogens is 1. The summed E-state index contributed by atoms with van der Waals surface area (Å²) in [6.07, 6.45) is 0.827. The van der Waals surface area contributed by atoms with Gasteiger partial charge in [-0.2, -0.15) is 0 Å². The Morgan fingerprint density at radius 3 is 2.34 bits per heavy atom. The lowest BCUT2D eigenvalue weighted by molar-refractivity contribution is 0.0933. The molecule has 1 amide bonds. The number of amides is 1. The van der Waals surface area contributed by atoms with Gasteiger partial charge in [-0.25, -0.2) is 0 Å². The summed E-state index contributed by atoms with van der Waals surface area (Å²) in [6.45, 7) is 0.878. The topological polar surface area (TPSA) is 32.3 Å². The van der Waals surface area contributed by atoms with Gasteiger partial charge in [-0.3, -0.25) is 4.79 Å². The summed E-state index contributed by atoms with van der Waals surface area (Å²) in [7, 11) is 4.10. The van der Waals surface area contributed by atoms with Crippen molar-refractivity contribution in [2.75, 3.05) is 20.6 Å². The third kappa shape index (κ3) is 5.37. The Morgan fingerprint density at radius 1 is 0.844 bits per heavy atom. The molecule has 4 aromatic rings. The first-order chi connectivity index (χ1) is 15.5. The molecule has 0 radical (unpaired) electrons. The minimum atomic E-state index is -0.0753. The van der Waals surface area contributed by atoms with Gasteiger partial charge in [-0.15, -0.1) is 0 Å². The molecule has 0 bridgehead atoms. The molecule has 0 aliphatic rings. The van der Waals surface area contributed by atoms with E-state index in [4.69, 9.17) is 11.6 Å². The van der Waals surface area contributed by atoms with Crippen LogP contribution in [0.5, 0.6) is 0 Å². The normalized spacial score (nSPS) is 12.1. The van der Waals surface area contributed by atoms with Crippen LogP contribution in [0.2, 0.25) is 5.02 Å².